The van der Waals surface area contributed by atoms with Crippen LogP contribution in [0.2, 0.25) is 0 Å². The third-order valence-corrected chi connectivity index (χ3v) is 3.42. The summed E-state index contributed by atoms with van der Waals surface area (Å²) in [4.78, 5) is 0. The number of nitrogens with two attached hydrogens (primary N) is 1. The van der Waals surface area contributed by atoms with Gasteiger partial charge in [-0.1, -0.05) is 5.16 Å². The molecule has 3 N–H and O–H groups in total. The largest absolute Gasteiger partial charge is 0.469 e. The number of hydrogen-bond donors (Lipinski definition) is 2. The normalized spacial score (nSPS) is 43.0. The zero-order valence-electron chi connectivity index (χ0n) is 6.49. The van der Waals surface area contributed by atoms with Crippen molar-refractivity contribution in [3.05, 3.63) is 0 Å². The molecular weight excluding hydrogens is 159 g/mol. The first-order valence-electron chi connectivity index (χ1n) is 4.18. The van der Waals surface area contributed by atoms with E-state index in [0.29, 0.717) is 6.10 Å². The molecular formula is C7H14N2OP+. The van der Waals surface area contributed by atoms with Gasteiger partial charge in [0.05, 0.1) is 0 Å². The van der Waals surface area contributed by atoms with Crippen LogP contribution in [0.25, 0.3) is 0 Å². The Bertz CT molecular complexity index is 185. The molecule has 0 saturated heterocycles. The molecule has 0 spiro atoms. The second kappa shape index (κ2) is 2.81. The lowest BCUT2D eigenvalue weighted by atomic mass is 9.98. The van der Waals surface area contributed by atoms with Gasteiger partial charge in [0.25, 0.3) is 0 Å². The second-order valence-corrected chi connectivity index (χ2v) is 4.51. The summed E-state index contributed by atoms with van der Waals surface area (Å²) < 4.78 is 5.35. The summed E-state index contributed by atoms with van der Waals surface area (Å²) in [5, 5.41) is 7.14. The zero-order chi connectivity index (χ0) is 7.84. The van der Waals surface area contributed by atoms with Crippen molar-refractivity contribution in [2.75, 3.05) is 0 Å². The van der Waals surface area contributed by atoms with Gasteiger partial charge in [0.1, 0.15) is 6.10 Å². The first-order chi connectivity index (χ1) is 5.25. The van der Waals surface area contributed by atoms with E-state index in [0.717, 1.165) is 11.8 Å². The van der Waals surface area contributed by atoms with Crippen molar-refractivity contribution in [1.82, 2.24) is 0 Å². The highest BCUT2D eigenvalue weighted by molar-refractivity contribution is 7.37. The average molecular weight is 173 g/mol. The van der Waals surface area contributed by atoms with E-state index in [4.69, 9.17) is 15.2 Å². The Morgan fingerprint density at radius 2 is 2.18 bits per heavy atom. The van der Waals surface area contributed by atoms with Gasteiger partial charge in [0, 0.05) is 0 Å². The Balaban J connectivity index is 1.92. The molecule has 2 rings (SSSR count). The summed E-state index contributed by atoms with van der Waals surface area (Å²) in [6.07, 6.45) is 5.51. The van der Waals surface area contributed by atoms with Gasteiger partial charge in [-0.15, -0.1) is 10.0 Å². The van der Waals surface area contributed by atoms with Gasteiger partial charge in [-0.2, -0.15) is 0 Å². The van der Waals surface area contributed by atoms with Crippen molar-refractivity contribution < 1.29 is 4.52 Å². The van der Waals surface area contributed by atoms with Crippen molar-refractivity contribution >= 4 is 8.09 Å². The number of rotatable bonds is 2. The molecule has 0 heterocycles. The smallest absolute Gasteiger partial charge is 0.142 e. The summed E-state index contributed by atoms with van der Waals surface area (Å²) in [5.74, 6) is 1.62. The van der Waals surface area contributed by atoms with Gasteiger partial charge in [-0.25, -0.2) is 0 Å². The Kier molecular flexibility index (Phi) is 1.96. The molecule has 0 aliphatic heterocycles. The van der Waals surface area contributed by atoms with Crippen molar-refractivity contribution in [1.29, 1.82) is 5.16 Å². The molecule has 2 saturated carbocycles. The van der Waals surface area contributed by atoms with Crippen LogP contribution in [0.15, 0.2) is 0 Å². The number of nitrogens with one attached hydrogen (secondary N) is 1. The van der Waals surface area contributed by atoms with Crippen LogP contribution in [0.1, 0.15) is 25.7 Å². The molecule has 62 valence electrons. The molecule has 0 aromatic heterocycles. The Morgan fingerprint density at radius 3 is 2.64 bits per heavy atom. The van der Waals surface area contributed by atoms with Gasteiger partial charge in [-0.05, 0) is 37.5 Å². The van der Waals surface area contributed by atoms with Gasteiger partial charge in [0.15, 0.2) is 0 Å². The highest BCUT2D eigenvalue weighted by atomic mass is 31.1. The zero-order valence-corrected chi connectivity index (χ0v) is 7.39. The molecule has 0 aromatic carbocycles. The van der Waals surface area contributed by atoms with Gasteiger partial charge in [0.2, 0.25) is 0 Å². The van der Waals surface area contributed by atoms with Crippen molar-refractivity contribution in [2.24, 2.45) is 17.3 Å². The third kappa shape index (κ3) is 1.46. The molecule has 11 heavy (non-hydrogen) atoms. The fourth-order valence-corrected chi connectivity index (χ4v) is 3.01. The Morgan fingerprint density at radius 1 is 1.36 bits per heavy atom. The summed E-state index contributed by atoms with van der Waals surface area (Å²) in [6.45, 7) is 0. The molecule has 0 amide bonds. The summed E-state index contributed by atoms with van der Waals surface area (Å²) in [6, 6.07) is 0. The maximum atomic E-state index is 7.14. The van der Waals surface area contributed by atoms with Crippen LogP contribution in [-0.2, 0) is 4.52 Å². The lowest BCUT2D eigenvalue weighted by Gasteiger charge is -2.15. The van der Waals surface area contributed by atoms with Crippen LogP contribution < -0.4 is 5.50 Å². The minimum absolute atomic E-state index is 0.336. The minimum Gasteiger partial charge on any atom is -0.142 e. The predicted molar refractivity (Wildman–Crippen MR) is 44.1 cm³/mol. The molecule has 3 nitrogen and oxygen atoms in total. The molecule has 0 aromatic rings. The Hall–Kier alpha value is 0.0200. The molecule has 4 atom stereocenters. The van der Waals surface area contributed by atoms with Crippen LogP contribution in [0, 0.1) is 17.0 Å². The van der Waals surface area contributed by atoms with E-state index in [-0.39, 0.29) is 0 Å². The SMILES string of the molecule is N=[P+](N)OC1CC2CCC1C2. The summed E-state index contributed by atoms with van der Waals surface area (Å²) >= 11 is 0. The maximum absolute atomic E-state index is 7.14. The van der Waals surface area contributed by atoms with Gasteiger partial charge in [-0.3, -0.25) is 0 Å². The summed E-state index contributed by atoms with van der Waals surface area (Å²) in [5.41, 5.74) is 5.31. The standard InChI is InChI=1S/C7H14N2OP/c8-11(9)10-7-4-5-1-2-6(7)3-5/h5-7H,1-4H2,(H3,8,9)/q+1. The van der Waals surface area contributed by atoms with Crippen LogP contribution in [0.3, 0.4) is 0 Å². The predicted octanol–water partition coefficient (Wildman–Crippen LogP) is 2.22. The van der Waals surface area contributed by atoms with Gasteiger partial charge >= 0.3 is 8.09 Å². The van der Waals surface area contributed by atoms with E-state index < -0.39 is 8.09 Å². The maximum Gasteiger partial charge on any atom is 0.469 e. The third-order valence-electron chi connectivity index (χ3n) is 2.92. The highest BCUT2D eigenvalue weighted by Crippen LogP contribution is 2.47. The lowest BCUT2D eigenvalue weighted by Crippen LogP contribution is -2.18. The molecule has 2 aliphatic rings. The molecule has 4 heteroatoms. The first-order valence-corrected chi connectivity index (χ1v) is 5.51. The highest BCUT2D eigenvalue weighted by Gasteiger charge is 2.43. The van der Waals surface area contributed by atoms with Crippen LogP contribution in [0.4, 0.5) is 0 Å². The topological polar surface area (TPSA) is 59.1 Å². The monoisotopic (exact) mass is 173 g/mol. The lowest BCUT2D eigenvalue weighted by molar-refractivity contribution is 0.157. The number of hydrogen-bond acceptors (Lipinski definition) is 2. The van der Waals surface area contributed by atoms with Crippen molar-refractivity contribution in [2.45, 2.75) is 31.8 Å². The second-order valence-electron chi connectivity index (χ2n) is 3.64. The summed E-state index contributed by atoms with van der Waals surface area (Å²) in [7, 11) is -1.37. The van der Waals surface area contributed by atoms with E-state index >= 15 is 0 Å². The molecule has 2 aliphatic carbocycles. The van der Waals surface area contributed by atoms with E-state index in [9.17, 15) is 0 Å². The number of fused-ring (bicyclic) bond motifs is 2. The Labute approximate surface area is 67.7 Å². The van der Waals surface area contributed by atoms with Crippen LogP contribution in [-0.4, -0.2) is 6.10 Å². The molecule has 2 bridgehead atoms. The molecule has 4 unspecified atom stereocenters. The average Bonchev–Trinajstić information content (AvgIpc) is 2.45. The fourth-order valence-electron chi connectivity index (χ4n) is 2.46. The van der Waals surface area contributed by atoms with E-state index in [1.165, 1.54) is 25.7 Å². The van der Waals surface area contributed by atoms with E-state index in [1.54, 1.807) is 0 Å². The van der Waals surface area contributed by atoms with E-state index in [2.05, 4.69) is 0 Å². The minimum atomic E-state index is -1.37. The van der Waals surface area contributed by atoms with Crippen molar-refractivity contribution in [3.63, 3.8) is 0 Å². The fraction of sp³-hybridized carbons (Fsp3) is 1.00. The van der Waals surface area contributed by atoms with Gasteiger partial charge < -0.3 is 0 Å². The first kappa shape index (κ1) is 7.66. The quantitative estimate of drug-likeness (QED) is 0.629. The van der Waals surface area contributed by atoms with Crippen molar-refractivity contribution in [3.8, 4) is 0 Å². The molecule has 0 radical (unpaired) electrons. The van der Waals surface area contributed by atoms with Crippen LogP contribution >= 0.6 is 8.09 Å². The van der Waals surface area contributed by atoms with Crippen LogP contribution in [0.5, 0.6) is 0 Å². The van der Waals surface area contributed by atoms with E-state index in [1.807, 2.05) is 0 Å². The molecule has 2 fully saturated rings.